The lowest BCUT2D eigenvalue weighted by Gasteiger charge is -2.09. The Morgan fingerprint density at radius 2 is 1.27 bits per heavy atom. The molecule has 0 aliphatic carbocycles. The van der Waals surface area contributed by atoms with Gasteiger partial charge in [-0.05, 0) is 26.3 Å². The second kappa shape index (κ2) is 14.6. The van der Waals surface area contributed by atoms with Crippen molar-refractivity contribution in [2.24, 2.45) is 0 Å². The minimum Gasteiger partial charge on any atom is -0.258 e. The Morgan fingerprint density at radius 1 is 0.833 bits per heavy atom. The average molecular weight is 439 g/mol. The zero-order valence-corrected chi connectivity index (χ0v) is 20.0. The monoisotopic (exact) mass is 438 g/mol. The molecule has 0 saturated carbocycles. The molecule has 1 radical (unpaired) electrons. The van der Waals surface area contributed by atoms with Crippen molar-refractivity contribution in [3.8, 4) is 0 Å². The van der Waals surface area contributed by atoms with Crippen LogP contribution in [0.5, 0.6) is 0 Å². The van der Waals surface area contributed by atoms with Crippen molar-refractivity contribution >= 4 is 15.5 Å². The molecule has 0 heterocycles. The van der Waals surface area contributed by atoms with E-state index in [9.17, 15) is 18.5 Å². The van der Waals surface area contributed by atoms with Crippen LogP contribution in [0.2, 0.25) is 0 Å². The van der Waals surface area contributed by atoms with Crippen molar-refractivity contribution in [2.75, 3.05) is 5.75 Å². The van der Waals surface area contributed by atoms with Crippen LogP contribution < -0.4 is 0 Å². The summed E-state index contributed by atoms with van der Waals surface area (Å²) in [6.07, 6.45) is 17.0. The molecular formula is C24H40NO4S. The summed E-state index contributed by atoms with van der Waals surface area (Å²) in [5.41, 5.74) is 0.520. The van der Waals surface area contributed by atoms with Gasteiger partial charge in [-0.2, -0.15) is 0 Å². The van der Waals surface area contributed by atoms with Crippen molar-refractivity contribution in [3.05, 3.63) is 33.4 Å². The molecule has 5 nitrogen and oxygen atoms in total. The largest absolute Gasteiger partial charge is 0.276 e. The molecular weight excluding hydrogens is 398 g/mol. The van der Waals surface area contributed by atoms with Crippen molar-refractivity contribution in [2.45, 2.75) is 116 Å². The van der Waals surface area contributed by atoms with Gasteiger partial charge in [0.25, 0.3) is 5.69 Å². The lowest BCUT2D eigenvalue weighted by atomic mass is 10.0. The molecule has 0 aliphatic rings. The fourth-order valence-corrected chi connectivity index (χ4v) is 5.54. The van der Waals surface area contributed by atoms with Crippen LogP contribution in [0.25, 0.3) is 0 Å². The lowest BCUT2D eigenvalue weighted by Crippen LogP contribution is -2.10. The molecule has 0 saturated heterocycles. The second-order valence-electron chi connectivity index (χ2n) is 8.45. The van der Waals surface area contributed by atoms with Gasteiger partial charge in [0.2, 0.25) is 0 Å². The van der Waals surface area contributed by atoms with Gasteiger partial charge in [0.15, 0.2) is 9.84 Å². The van der Waals surface area contributed by atoms with Crippen LogP contribution in [0.1, 0.15) is 108 Å². The first-order valence-corrected chi connectivity index (χ1v) is 13.4. The van der Waals surface area contributed by atoms with E-state index in [4.69, 9.17) is 0 Å². The molecule has 1 aromatic rings. The summed E-state index contributed by atoms with van der Waals surface area (Å²) in [4.78, 5) is 10.7. The van der Waals surface area contributed by atoms with E-state index >= 15 is 0 Å². The first-order valence-electron chi connectivity index (χ1n) is 11.7. The van der Waals surface area contributed by atoms with E-state index in [2.05, 4.69) is 13.0 Å². The van der Waals surface area contributed by atoms with E-state index in [0.717, 1.165) is 19.3 Å². The molecule has 6 heteroatoms. The third kappa shape index (κ3) is 9.59. The summed E-state index contributed by atoms with van der Waals surface area (Å²) in [6, 6.07) is 4.15. The fraction of sp³-hybridized carbons (Fsp3) is 0.750. The van der Waals surface area contributed by atoms with Crippen LogP contribution in [-0.4, -0.2) is 19.1 Å². The smallest absolute Gasteiger partial charge is 0.258 e. The van der Waals surface area contributed by atoms with E-state index < -0.39 is 14.8 Å². The van der Waals surface area contributed by atoms with E-state index in [1.54, 1.807) is 6.92 Å². The topological polar surface area (TPSA) is 77.3 Å². The van der Waals surface area contributed by atoms with Gasteiger partial charge in [0, 0.05) is 17.2 Å². The Bertz CT molecular complexity index is 744. The number of nitro groups is 1. The summed E-state index contributed by atoms with van der Waals surface area (Å²) in [5, 5.41) is 11.2. The van der Waals surface area contributed by atoms with E-state index in [0.29, 0.717) is 12.0 Å². The van der Waals surface area contributed by atoms with E-state index in [1.165, 1.54) is 77.2 Å². The Morgan fingerprint density at radius 3 is 1.70 bits per heavy atom. The number of sulfone groups is 1. The number of benzene rings is 1. The van der Waals surface area contributed by atoms with Crippen molar-refractivity contribution in [3.63, 3.8) is 0 Å². The van der Waals surface area contributed by atoms with Crippen LogP contribution in [0, 0.1) is 30.0 Å². The Hall–Kier alpha value is -1.43. The minimum absolute atomic E-state index is 0.0190. The SMILES string of the molecule is CCCCCCCCCCCCCCCCS(=O)(=O)c1[c]cc(C)c([N+](=O)[O-])c1C. The predicted molar refractivity (Wildman–Crippen MR) is 124 cm³/mol. The molecule has 1 aromatic carbocycles. The lowest BCUT2D eigenvalue weighted by molar-refractivity contribution is -0.386. The number of rotatable bonds is 17. The van der Waals surface area contributed by atoms with Crippen LogP contribution in [-0.2, 0) is 9.84 Å². The summed E-state index contributed by atoms with van der Waals surface area (Å²) in [5.74, 6) is 0.0303. The van der Waals surface area contributed by atoms with Gasteiger partial charge >= 0.3 is 0 Å². The third-order valence-corrected chi connectivity index (χ3v) is 7.62. The van der Waals surface area contributed by atoms with Gasteiger partial charge in [-0.1, -0.05) is 90.4 Å². The first kappa shape index (κ1) is 26.6. The summed E-state index contributed by atoms with van der Waals surface area (Å²) < 4.78 is 25.2. The molecule has 0 spiro atoms. The molecule has 0 N–H and O–H groups in total. The summed E-state index contributed by atoms with van der Waals surface area (Å²) in [7, 11) is -3.54. The number of nitro benzene ring substituents is 1. The quantitative estimate of drug-likeness (QED) is 0.146. The van der Waals surface area contributed by atoms with Crippen LogP contribution >= 0.6 is 0 Å². The molecule has 0 aromatic heterocycles. The molecule has 0 unspecified atom stereocenters. The van der Waals surface area contributed by atoms with E-state index in [1.807, 2.05) is 0 Å². The highest BCUT2D eigenvalue weighted by Gasteiger charge is 2.25. The van der Waals surface area contributed by atoms with Gasteiger partial charge in [-0.15, -0.1) is 0 Å². The molecule has 0 bridgehead atoms. The number of nitrogens with zero attached hydrogens (tertiary/aromatic N) is 1. The molecule has 0 aliphatic heterocycles. The molecule has 0 fully saturated rings. The molecule has 0 atom stereocenters. The summed E-state index contributed by atoms with van der Waals surface area (Å²) >= 11 is 0. The highest BCUT2D eigenvalue weighted by molar-refractivity contribution is 7.91. The first-order chi connectivity index (χ1) is 14.3. The van der Waals surface area contributed by atoms with Crippen molar-refractivity contribution in [1.82, 2.24) is 0 Å². The predicted octanol–water partition coefficient (Wildman–Crippen LogP) is 7.27. The Kier molecular flexibility index (Phi) is 12.9. The third-order valence-electron chi connectivity index (χ3n) is 5.75. The second-order valence-corrected chi connectivity index (χ2v) is 10.5. The van der Waals surface area contributed by atoms with Crippen molar-refractivity contribution < 1.29 is 13.3 Å². The molecule has 30 heavy (non-hydrogen) atoms. The highest BCUT2D eigenvalue weighted by atomic mass is 32.2. The average Bonchev–Trinajstić information content (AvgIpc) is 2.67. The molecule has 1 rings (SSSR count). The maximum atomic E-state index is 12.6. The number of unbranched alkanes of at least 4 members (excludes halogenated alkanes) is 13. The zero-order chi connectivity index (χ0) is 22.4. The summed E-state index contributed by atoms with van der Waals surface area (Å²) in [6.45, 7) is 5.35. The maximum absolute atomic E-state index is 12.6. The van der Waals surface area contributed by atoms with Crippen molar-refractivity contribution in [1.29, 1.82) is 0 Å². The minimum atomic E-state index is -3.54. The standard InChI is InChI=1S/C24H40NO4S/c1-4-5-6-7-8-9-10-11-12-13-14-15-16-17-20-30(28,29)23-19-18-21(2)24(22(23)3)25(26)27/h18H,4-17,20H2,1-3H3. The Balaban J connectivity index is 2.20. The van der Waals surface area contributed by atoms with Gasteiger partial charge in [0.1, 0.15) is 0 Å². The highest BCUT2D eigenvalue weighted by Crippen LogP contribution is 2.29. The maximum Gasteiger partial charge on any atom is 0.276 e. The van der Waals surface area contributed by atoms with E-state index in [-0.39, 0.29) is 21.9 Å². The van der Waals surface area contributed by atoms with Gasteiger partial charge < -0.3 is 0 Å². The van der Waals surface area contributed by atoms with Gasteiger partial charge in [-0.3, -0.25) is 10.1 Å². The van der Waals surface area contributed by atoms with Gasteiger partial charge in [0.05, 0.1) is 15.6 Å². The van der Waals surface area contributed by atoms with Crippen LogP contribution in [0.4, 0.5) is 5.69 Å². The fourth-order valence-electron chi connectivity index (χ4n) is 3.95. The van der Waals surface area contributed by atoms with Gasteiger partial charge in [-0.25, -0.2) is 8.42 Å². The van der Waals surface area contributed by atoms with Crippen LogP contribution in [0.15, 0.2) is 11.0 Å². The zero-order valence-electron chi connectivity index (χ0n) is 19.2. The molecule has 171 valence electrons. The Labute approximate surface area is 183 Å². The van der Waals surface area contributed by atoms with Crippen LogP contribution in [0.3, 0.4) is 0 Å². The number of hydrogen-bond donors (Lipinski definition) is 0. The number of hydrogen-bond acceptors (Lipinski definition) is 4. The normalized spacial score (nSPS) is 11.7. The number of aryl methyl sites for hydroxylation is 1. The molecule has 0 amide bonds.